The summed E-state index contributed by atoms with van der Waals surface area (Å²) in [5.41, 5.74) is 1.46. The van der Waals surface area contributed by atoms with E-state index < -0.39 is 0 Å². The van der Waals surface area contributed by atoms with Crippen LogP contribution in [0, 0.1) is 5.82 Å². The molecule has 1 atom stereocenters. The summed E-state index contributed by atoms with van der Waals surface area (Å²) in [6, 6.07) is 12.2. The summed E-state index contributed by atoms with van der Waals surface area (Å²) < 4.78 is 24.5. The standard InChI is InChI=1S/C17H20FNO2/c1-4-15(13-7-5-6-8-14(13)18)19-16-10-9-12(20-2)11-17(16)21-3/h5-11,15,19H,4H2,1-3H3. The van der Waals surface area contributed by atoms with Gasteiger partial charge in [-0.25, -0.2) is 4.39 Å². The molecule has 1 unspecified atom stereocenters. The first kappa shape index (κ1) is 15.2. The second kappa shape index (κ2) is 6.97. The van der Waals surface area contributed by atoms with Gasteiger partial charge in [-0.1, -0.05) is 25.1 Å². The SMILES string of the molecule is CCC(Nc1ccc(OC)cc1OC)c1ccccc1F. The lowest BCUT2D eigenvalue weighted by atomic mass is 10.0. The third-order valence-electron chi connectivity index (χ3n) is 3.43. The first-order valence-electron chi connectivity index (χ1n) is 6.92. The Morgan fingerprint density at radius 3 is 2.48 bits per heavy atom. The van der Waals surface area contributed by atoms with Crippen molar-refractivity contribution in [2.24, 2.45) is 0 Å². The first-order valence-corrected chi connectivity index (χ1v) is 6.92. The lowest BCUT2D eigenvalue weighted by Gasteiger charge is -2.21. The Bertz CT molecular complexity index is 601. The van der Waals surface area contributed by atoms with Crippen LogP contribution < -0.4 is 14.8 Å². The lowest BCUT2D eigenvalue weighted by molar-refractivity contribution is 0.395. The van der Waals surface area contributed by atoms with Crippen molar-refractivity contribution in [2.75, 3.05) is 19.5 Å². The Morgan fingerprint density at radius 1 is 1.10 bits per heavy atom. The number of anilines is 1. The van der Waals surface area contributed by atoms with Gasteiger partial charge in [0.25, 0.3) is 0 Å². The van der Waals surface area contributed by atoms with Crippen molar-refractivity contribution in [3.05, 3.63) is 53.8 Å². The van der Waals surface area contributed by atoms with E-state index in [-0.39, 0.29) is 11.9 Å². The van der Waals surface area contributed by atoms with Crippen molar-refractivity contribution in [1.82, 2.24) is 0 Å². The van der Waals surface area contributed by atoms with Gasteiger partial charge in [-0.2, -0.15) is 0 Å². The van der Waals surface area contributed by atoms with Crippen molar-refractivity contribution >= 4 is 5.69 Å². The van der Waals surface area contributed by atoms with Crippen LogP contribution in [0.5, 0.6) is 11.5 Å². The number of methoxy groups -OCH3 is 2. The van der Waals surface area contributed by atoms with Crippen molar-refractivity contribution < 1.29 is 13.9 Å². The number of nitrogens with one attached hydrogen (secondary N) is 1. The van der Waals surface area contributed by atoms with E-state index in [1.54, 1.807) is 32.4 Å². The number of benzene rings is 2. The van der Waals surface area contributed by atoms with Gasteiger partial charge >= 0.3 is 0 Å². The van der Waals surface area contributed by atoms with E-state index in [1.807, 2.05) is 25.1 Å². The van der Waals surface area contributed by atoms with E-state index in [2.05, 4.69) is 5.32 Å². The Morgan fingerprint density at radius 2 is 1.86 bits per heavy atom. The van der Waals surface area contributed by atoms with E-state index in [0.717, 1.165) is 17.9 Å². The number of hydrogen-bond acceptors (Lipinski definition) is 3. The van der Waals surface area contributed by atoms with Gasteiger partial charge in [0.1, 0.15) is 17.3 Å². The summed E-state index contributed by atoms with van der Waals surface area (Å²) in [7, 11) is 3.21. The average Bonchev–Trinajstić information content (AvgIpc) is 2.53. The Kier molecular flexibility index (Phi) is 5.04. The molecule has 0 radical (unpaired) electrons. The van der Waals surface area contributed by atoms with Gasteiger partial charge in [0.15, 0.2) is 0 Å². The van der Waals surface area contributed by atoms with Crippen LogP contribution in [0.15, 0.2) is 42.5 Å². The van der Waals surface area contributed by atoms with Gasteiger partial charge in [-0.3, -0.25) is 0 Å². The molecule has 0 amide bonds. The molecular weight excluding hydrogens is 269 g/mol. The molecule has 2 rings (SSSR count). The molecule has 3 nitrogen and oxygen atoms in total. The highest BCUT2D eigenvalue weighted by Gasteiger charge is 2.15. The maximum absolute atomic E-state index is 13.9. The van der Waals surface area contributed by atoms with Gasteiger partial charge in [0.2, 0.25) is 0 Å². The molecule has 0 aromatic heterocycles. The highest BCUT2D eigenvalue weighted by molar-refractivity contribution is 5.60. The van der Waals surface area contributed by atoms with Crippen LogP contribution in [-0.4, -0.2) is 14.2 Å². The summed E-state index contributed by atoms with van der Waals surface area (Å²) in [5.74, 6) is 1.19. The third kappa shape index (κ3) is 3.45. The first-order chi connectivity index (χ1) is 10.2. The van der Waals surface area contributed by atoms with E-state index >= 15 is 0 Å². The highest BCUT2D eigenvalue weighted by Crippen LogP contribution is 2.33. The molecule has 112 valence electrons. The minimum atomic E-state index is -0.204. The second-order valence-corrected chi connectivity index (χ2v) is 4.69. The molecule has 2 aromatic rings. The largest absolute Gasteiger partial charge is 0.497 e. The van der Waals surface area contributed by atoms with Crippen molar-refractivity contribution in [3.8, 4) is 11.5 Å². The number of halogens is 1. The maximum atomic E-state index is 13.9. The molecule has 21 heavy (non-hydrogen) atoms. The minimum Gasteiger partial charge on any atom is -0.497 e. The van der Waals surface area contributed by atoms with Crippen LogP contribution in [0.3, 0.4) is 0 Å². The molecule has 0 saturated heterocycles. The van der Waals surface area contributed by atoms with Crippen LogP contribution in [-0.2, 0) is 0 Å². The van der Waals surface area contributed by atoms with Gasteiger partial charge < -0.3 is 14.8 Å². The molecule has 0 spiro atoms. The van der Waals surface area contributed by atoms with Crippen LogP contribution in [0.1, 0.15) is 24.9 Å². The molecule has 4 heteroatoms. The molecule has 0 aliphatic carbocycles. The van der Waals surface area contributed by atoms with Crippen LogP contribution >= 0.6 is 0 Å². The fraction of sp³-hybridized carbons (Fsp3) is 0.294. The zero-order valence-electron chi connectivity index (χ0n) is 12.5. The van der Waals surface area contributed by atoms with Gasteiger partial charge in [-0.15, -0.1) is 0 Å². The van der Waals surface area contributed by atoms with Gasteiger partial charge in [0.05, 0.1) is 25.9 Å². The predicted octanol–water partition coefficient (Wildman–Crippen LogP) is 4.41. The van der Waals surface area contributed by atoms with E-state index in [0.29, 0.717) is 11.3 Å². The molecule has 0 saturated carbocycles. The van der Waals surface area contributed by atoms with E-state index in [9.17, 15) is 4.39 Å². The Hall–Kier alpha value is -2.23. The van der Waals surface area contributed by atoms with Gasteiger partial charge in [0, 0.05) is 11.6 Å². The number of rotatable bonds is 6. The predicted molar refractivity (Wildman–Crippen MR) is 82.6 cm³/mol. The summed E-state index contributed by atoms with van der Waals surface area (Å²) in [6.45, 7) is 2.01. The molecule has 0 aliphatic rings. The molecular formula is C17H20FNO2. The summed E-state index contributed by atoms with van der Waals surface area (Å²) in [4.78, 5) is 0. The van der Waals surface area contributed by atoms with Crippen molar-refractivity contribution in [2.45, 2.75) is 19.4 Å². The lowest BCUT2D eigenvalue weighted by Crippen LogP contribution is -2.12. The average molecular weight is 289 g/mol. The smallest absolute Gasteiger partial charge is 0.145 e. The minimum absolute atomic E-state index is 0.117. The fourth-order valence-electron chi connectivity index (χ4n) is 2.26. The monoisotopic (exact) mass is 289 g/mol. The Labute approximate surface area is 124 Å². The fourth-order valence-corrected chi connectivity index (χ4v) is 2.26. The highest BCUT2D eigenvalue weighted by atomic mass is 19.1. The summed E-state index contributed by atoms with van der Waals surface area (Å²) in [5, 5.41) is 3.34. The van der Waals surface area contributed by atoms with Crippen molar-refractivity contribution in [1.29, 1.82) is 0 Å². The van der Waals surface area contributed by atoms with Gasteiger partial charge in [-0.05, 0) is 24.6 Å². The summed E-state index contributed by atoms with van der Waals surface area (Å²) in [6.07, 6.45) is 0.760. The van der Waals surface area contributed by atoms with E-state index in [4.69, 9.17) is 9.47 Å². The molecule has 0 heterocycles. The molecule has 0 bridgehead atoms. The third-order valence-corrected chi connectivity index (χ3v) is 3.43. The topological polar surface area (TPSA) is 30.5 Å². The van der Waals surface area contributed by atoms with Crippen LogP contribution in [0.25, 0.3) is 0 Å². The zero-order valence-corrected chi connectivity index (χ0v) is 12.5. The maximum Gasteiger partial charge on any atom is 0.145 e. The summed E-state index contributed by atoms with van der Waals surface area (Å²) >= 11 is 0. The Balaban J connectivity index is 2.29. The number of hydrogen-bond donors (Lipinski definition) is 1. The molecule has 2 aromatic carbocycles. The van der Waals surface area contributed by atoms with E-state index in [1.165, 1.54) is 6.07 Å². The molecule has 0 fully saturated rings. The van der Waals surface area contributed by atoms with Crippen LogP contribution in [0.2, 0.25) is 0 Å². The molecule has 0 aliphatic heterocycles. The molecule has 1 N–H and O–H groups in total. The van der Waals surface area contributed by atoms with Crippen molar-refractivity contribution in [3.63, 3.8) is 0 Å². The number of ether oxygens (including phenoxy) is 2. The normalized spacial score (nSPS) is 11.8. The quantitative estimate of drug-likeness (QED) is 0.854. The van der Waals surface area contributed by atoms with Crippen LogP contribution in [0.4, 0.5) is 10.1 Å². The second-order valence-electron chi connectivity index (χ2n) is 4.69. The zero-order chi connectivity index (χ0) is 15.2.